The van der Waals surface area contributed by atoms with Gasteiger partial charge >= 0.3 is 0 Å². The molecule has 0 aromatic heterocycles. The van der Waals surface area contributed by atoms with Gasteiger partial charge < -0.3 is 11.1 Å². The number of amides is 1. The minimum absolute atomic E-state index is 0.00870. The highest BCUT2D eigenvalue weighted by molar-refractivity contribution is 7.80. The van der Waals surface area contributed by atoms with Crippen molar-refractivity contribution in [2.45, 2.75) is 19.3 Å². The Hall–Kier alpha value is -1.46. The Bertz CT molecular complexity index is 470. The first-order valence-corrected chi connectivity index (χ1v) is 6.98. The molecule has 0 radical (unpaired) electrons. The molecule has 3 N–H and O–H groups in total. The van der Waals surface area contributed by atoms with Gasteiger partial charge in [0, 0.05) is 5.56 Å². The summed E-state index contributed by atoms with van der Waals surface area (Å²) in [5.41, 5.74) is 7.05. The van der Waals surface area contributed by atoms with E-state index in [0.717, 1.165) is 13.1 Å². The van der Waals surface area contributed by atoms with Crippen molar-refractivity contribution in [2.75, 3.05) is 25.0 Å². The van der Waals surface area contributed by atoms with Gasteiger partial charge in [0.15, 0.2) is 0 Å². The molecule has 1 amide bonds. The zero-order chi connectivity index (χ0) is 13.7. The lowest BCUT2D eigenvalue weighted by Crippen LogP contribution is -2.37. The van der Waals surface area contributed by atoms with Crippen LogP contribution in [-0.4, -0.2) is 35.4 Å². The molecule has 2 rings (SSSR count). The monoisotopic (exact) mass is 277 g/mol. The number of benzene rings is 1. The number of nitrogens with one attached hydrogen (secondary N) is 1. The van der Waals surface area contributed by atoms with Crippen molar-refractivity contribution < 1.29 is 4.79 Å². The average Bonchev–Trinajstić information content (AvgIpc) is 2.40. The van der Waals surface area contributed by atoms with E-state index in [4.69, 9.17) is 18.0 Å². The summed E-state index contributed by atoms with van der Waals surface area (Å²) in [4.78, 5) is 14.5. The van der Waals surface area contributed by atoms with Crippen LogP contribution in [0.25, 0.3) is 0 Å². The lowest BCUT2D eigenvalue weighted by Gasteiger charge is -2.25. The van der Waals surface area contributed by atoms with Crippen LogP contribution in [0.1, 0.15) is 24.8 Å². The number of para-hydroxylation sites is 1. The summed E-state index contributed by atoms with van der Waals surface area (Å²) in [7, 11) is 0. The number of thiocarbonyl (C=S) groups is 1. The molecule has 1 aromatic rings. The molecule has 0 unspecified atom stereocenters. The second-order valence-corrected chi connectivity index (χ2v) is 5.23. The number of piperidine rings is 1. The molecule has 0 atom stereocenters. The van der Waals surface area contributed by atoms with Crippen molar-refractivity contribution in [1.29, 1.82) is 0 Å². The molecule has 1 saturated heterocycles. The Balaban J connectivity index is 1.96. The van der Waals surface area contributed by atoms with Crippen LogP contribution in [0, 0.1) is 0 Å². The maximum absolute atomic E-state index is 12.0. The maximum Gasteiger partial charge on any atom is 0.238 e. The van der Waals surface area contributed by atoms with Gasteiger partial charge in [-0.3, -0.25) is 9.69 Å². The van der Waals surface area contributed by atoms with E-state index in [1.807, 2.05) is 24.3 Å². The number of carbonyl (C=O) groups is 1. The number of nitrogens with zero attached hydrogens (tertiary/aromatic N) is 1. The van der Waals surface area contributed by atoms with Crippen molar-refractivity contribution in [3.63, 3.8) is 0 Å². The number of rotatable bonds is 4. The zero-order valence-corrected chi connectivity index (χ0v) is 11.7. The molecule has 1 aromatic carbocycles. The molecule has 0 spiro atoms. The highest BCUT2D eigenvalue weighted by atomic mass is 32.1. The number of nitrogens with two attached hydrogens (primary N) is 1. The minimum Gasteiger partial charge on any atom is -0.389 e. The molecule has 0 saturated carbocycles. The van der Waals surface area contributed by atoms with Gasteiger partial charge in [0.1, 0.15) is 4.99 Å². The van der Waals surface area contributed by atoms with Gasteiger partial charge in [-0.25, -0.2) is 0 Å². The topological polar surface area (TPSA) is 58.4 Å². The van der Waals surface area contributed by atoms with Gasteiger partial charge in [-0.15, -0.1) is 0 Å². The Kier molecular flexibility index (Phi) is 4.87. The summed E-state index contributed by atoms with van der Waals surface area (Å²) in [6.45, 7) is 2.44. The third kappa shape index (κ3) is 4.01. The molecular formula is C14H19N3OS. The normalized spacial score (nSPS) is 16.0. The molecule has 1 fully saturated rings. The fraction of sp³-hybridized carbons (Fsp3) is 0.429. The van der Waals surface area contributed by atoms with Gasteiger partial charge in [0.05, 0.1) is 12.2 Å². The second kappa shape index (κ2) is 6.63. The number of hydrogen-bond acceptors (Lipinski definition) is 3. The second-order valence-electron chi connectivity index (χ2n) is 4.79. The van der Waals surface area contributed by atoms with Crippen molar-refractivity contribution >= 4 is 28.8 Å². The summed E-state index contributed by atoms with van der Waals surface area (Å²) in [5.74, 6) is -0.00870. The van der Waals surface area contributed by atoms with Crippen LogP contribution in [0.4, 0.5) is 5.69 Å². The van der Waals surface area contributed by atoms with Crippen LogP contribution in [0.3, 0.4) is 0 Å². The van der Waals surface area contributed by atoms with E-state index in [2.05, 4.69) is 10.2 Å². The molecule has 4 nitrogen and oxygen atoms in total. The molecular weight excluding hydrogens is 258 g/mol. The van der Waals surface area contributed by atoms with Crippen molar-refractivity contribution in [3.8, 4) is 0 Å². The SMILES string of the molecule is NC(=S)c1ccccc1NC(=O)CN1CCCCC1. The number of anilines is 1. The number of likely N-dealkylation sites (tertiary alicyclic amines) is 1. The van der Waals surface area contributed by atoms with Crippen molar-refractivity contribution in [3.05, 3.63) is 29.8 Å². The lowest BCUT2D eigenvalue weighted by atomic mass is 10.1. The first kappa shape index (κ1) is 14.0. The predicted octanol–water partition coefficient (Wildman–Crippen LogP) is 1.75. The fourth-order valence-electron chi connectivity index (χ4n) is 2.32. The van der Waals surface area contributed by atoms with Gasteiger partial charge in [-0.1, -0.05) is 30.8 Å². The molecule has 5 heteroatoms. The quantitative estimate of drug-likeness (QED) is 0.823. The van der Waals surface area contributed by atoms with Crippen molar-refractivity contribution in [1.82, 2.24) is 4.90 Å². The predicted molar refractivity (Wildman–Crippen MR) is 81.3 cm³/mol. The van der Waals surface area contributed by atoms with E-state index in [-0.39, 0.29) is 5.91 Å². The van der Waals surface area contributed by atoms with Gasteiger partial charge in [0.2, 0.25) is 5.91 Å². The molecule has 0 bridgehead atoms. The molecule has 1 aliphatic heterocycles. The summed E-state index contributed by atoms with van der Waals surface area (Å²) in [6.07, 6.45) is 3.62. The van der Waals surface area contributed by atoms with Crippen LogP contribution in [0.5, 0.6) is 0 Å². The fourth-order valence-corrected chi connectivity index (χ4v) is 2.50. The first-order valence-electron chi connectivity index (χ1n) is 6.58. The third-order valence-corrected chi connectivity index (χ3v) is 3.50. The van der Waals surface area contributed by atoms with E-state index in [1.165, 1.54) is 19.3 Å². The summed E-state index contributed by atoms with van der Waals surface area (Å²) in [5, 5.41) is 2.89. The van der Waals surface area contributed by atoms with Gasteiger partial charge in [-0.05, 0) is 38.1 Å². The summed E-state index contributed by atoms with van der Waals surface area (Å²) >= 11 is 4.98. The third-order valence-electron chi connectivity index (χ3n) is 3.28. The molecule has 0 aliphatic carbocycles. The highest BCUT2D eigenvalue weighted by Gasteiger charge is 2.15. The van der Waals surface area contributed by atoms with E-state index in [1.54, 1.807) is 0 Å². The zero-order valence-electron chi connectivity index (χ0n) is 10.9. The van der Waals surface area contributed by atoms with E-state index < -0.39 is 0 Å². The minimum atomic E-state index is -0.00870. The molecule has 1 heterocycles. The maximum atomic E-state index is 12.0. The standard InChI is InChI=1S/C14H19N3OS/c15-14(19)11-6-2-3-7-12(11)16-13(18)10-17-8-4-1-5-9-17/h2-3,6-7H,1,4-5,8-10H2,(H2,15,19)(H,16,18). The Labute approximate surface area is 119 Å². The number of carbonyl (C=O) groups excluding carboxylic acids is 1. The number of hydrogen-bond donors (Lipinski definition) is 2. The Morgan fingerprint density at radius 3 is 2.63 bits per heavy atom. The average molecular weight is 277 g/mol. The van der Waals surface area contributed by atoms with Gasteiger partial charge in [-0.2, -0.15) is 0 Å². The smallest absolute Gasteiger partial charge is 0.238 e. The largest absolute Gasteiger partial charge is 0.389 e. The molecule has 102 valence electrons. The van der Waals surface area contributed by atoms with E-state index in [9.17, 15) is 4.79 Å². The van der Waals surface area contributed by atoms with Crippen LogP contribution >= 0.6 is 12.2 Å². The lowest BCUT2D eigenvalue weighted by molar-refractivity contribution is -0.117. The van der Waals surface area contributed by atoms with Crippen LogP contribution in [-0.2, 0) is 4.79 Å². The van der Waals surface area contributed by atoms with Gasteiger partial charge in [0.25, 0.3) is 0 Å². The first-order chi connectivity index (χ1) is 9.16. The van der Waals surface area contributed by atoms with Crippen LogP contribution < -0.4 is 11.1 Å². The highest BCUT2D eigenvalue weighted by Crippen LogP contribution is 2.15. The Morgan fingerprint density at radius 2 is 1.95 bits per heavy atom. The van der Waals surface area contributed by atoms with Crippen molar-refractivity contribution in [2.24, 2.45) is 5.73 Å². The van der Waals surface area contributed by atoms with E-state index in [0.29, 0.717) is 22.8 Å². The van der Waals surface area contributed by atoms with Crippen LogP contribution in [0.2, 0.25) is 0 Å². The molecule has 19 heavy (non-hydrogen) atoms. The Morgan fingerprint density at radius 1 is 1.26 bits per heavy atom. The summed E-state index contributed by atoms with van der Waals surface area (Å²) in [6, 6.07) is 7.36. The van der Waals surface area contributed by atoms with Crippen LogP contribution in [0.15, 0.2) is 24.3 Å². The van der Waals surface area contributed by atoms with E-state index >= 15 is 0 Å². The summed E-state index contributed by atoms with van der Waals surface area (Å²) < 4.78 is 0. The molecule has 1 aliphatic rings.